The minimum atomic E-state index is 0.664. The van der Waals surface area contributed by atoms with Gasteiger partial charge in [-0.1, -0.05) is 37.6 Å². The van der Waals surface area contributed by atoms with Gasteiger partial charge in [0, 0.05) is 11.6 Å². The van der Waals surface area contributed by atoms with E-state index in [-0.39, 0.29) is 0 Å². The van der Waals surface area contributed by atoms with Crippen molar-refractivity contribution in [2.75, 3.05) is 6.54 Å². The third kappa shape index (κ3) is 4.03. The van der Waals surface area contributed by atoms with Crippen molar-refractivity contribution in [3.05, 3.63) is 40.0 Å². The average Bonchev–Trinajstić information content (AvgIpc) is 2.71. The lowest BCUT2D eigenvalue weighted by molar-refractivity contribution is 0.551. The van der Waals surface area contributed by atoms with Crippen LogP contribution in [-0.2, 0) is 6.54 Å². The van der Waals surface area contributed by atoms with Gasteiger partial charge in [-0.2, -0.15) is 0 Å². The number of hydrogen-bond acceptors (Lipinski definition) is 3. The van der Waals surface area contributed by atoms with Gasteiger partial charge in [-0.3, -0.25) is 0 Å². The van der Waals surface area contributed by atoms with E-state index in [4.69, 9.17) is 11.6 Å². The molecule has 0 saturated heterocycles. The van der Waals surface area contributed by atoms with Crippen LogP contribution in [0.5, 0.6) is 0 Å². The first-order valence-electron chi connectivity index (χ1n) is 6.49. The lowest BCUT2D eigenvalue weighted by Crippen LogP contribution is -2.18. The van der Waals surface area contributed by atoms with Gasteiger partial charge in [0.2, 0.25) is 0 Å². The number of benzene rings is 1. The van der Waals surface area contributed by atoms with Crippen molar-refractivity contribution in [3.63, 3.8) is 0 Å². The third-order valence-electron chi connectivity index (χ3n) is 2.78. The first-order chi connectivity index (χ1) is 9.06. The first-order valence-corrected chi connectivity index (χ1v) is 7.68. The second kappa shape index (κ2) is 6.51. The molecular weight excluding hydrogens is 276 g/mol. The fourth-order valence-corrected chi connectivity index (χ4v) is 3.03. The molecular formula is C15H19ClN2S. The van der Waals surface area contributed by atoms with E-state index in [1.165, 1.54) is 10.4 Å². The molecule has 1 aromatic carbocycles. The molecule has 0 atom stereocenters. The Balaban J connectivity index is 2.10. The van der Waals surface area contributed by atoms with E-state index in [9.17, 15) is 0 Å². The summed E-state index contributed by atoms with van der Waals surface area (Å²) in [5.74, 6) is 0.664. The number of thiazole rings is 1. The standard InChI is InChI=1S/C15H19ClN2S/c1-10(2)8-17-9-14-18-11(3)15(19-14)12-4-6-13(16)7-5-12/h4-7,10,17H,8-9H2,1-3H3. The molecule has 102 valence electrons. The number of hydrogen-bond donors (Lipinski definition) is 1. The van der Waals surface area contributed by atoms with Crippen molar-refractivity contribution in [3.8, 4) is 10.4 Å². The Morgan fingerprint density at radius 2 is 1.95 bits per heavy atom. The SMILES string of the molecule is Cc1nc(CNCC(C)C)sc1-c1ccc(Cl)cc1. The predicted molar refractivity (Wildman–Crippen MR) is 83.8 cm³/mol. The van der Waals surface area contributed by atoms with Crippen molar-refractivity contribution in [2.45, 2.75) is 27.3 Å². The van der Waals surface area contributed by atoms with E-state index >= 15 is 0 Å². The molecule has 2 rings (SSSR count). The molecule has 2 nitrogen and oxygen atoms in total. The fourth-order valence-electron chi connectivity index (χ4n) is 1.86. The minimum absolute atomic E-state index is 0.664. The molecule has 4 heteroatoms. The smallest absolute Gasteiger partial charge is 0.107 e. The second-order valence-electron chi connectivity index (χ2n) is 5.05. The second-order valence-corrected chi connectivity index (χ2v) is 6.57. The van der Waals surface area contributed by atoms with Crippen LogP contribution >= 0.6 is 22.9 Å². The van der Waals surface area contributed by atoms with Crippen LogP contribution in [0.3, 0.4) is 0 Å². The molecule has 2 aromatic rings. The number of nitrogens with one attached hydrogen (secondary N) is 1. The van der Waals surface area contributed by atoms with Crippen LogP contribution < -0.4 is 5.32 Å². The van der Waals surface area contributed by atoms with Gasteiger partial charge in [0.1, 0.15) is 5.01 Å². The summed E-state index contributed by atoms with van der Waals surface area (Å²) in [5.41, 5.74) is 2.28. The highest BCUT2D eigenvalue weighted by Crippen LogP contribution is 2.30. The van der Waals surface area contributed by atoms with Crippen LogP contribution in [0.1, 0.15) is 24.5 Å². The quantitative estimate of drug-likeness (QED) is 0.877. The lowest BCUT2D eigenvalue weighted by Gasteiger charge is -2.04. The van der Waals surface area contributed by atoms with Gasteiger partial charge >= 0.3 is 0 Å². The zero-order chi connectivity index (χ0) is 13.8. The highest BCUT2D eigenvalue weighted by molar-refractivity contribution is 7.15. The molecule has 0 bridgehead atoms. The zero-order valence-electron chi connectivity index (χ0n) is 11.5. The monoisotopic (exact) mass is 294 g/mol. The highest BCUT2D eigenvalue weighted by atomic mass is 35.5. The average molecular weight is 295 g/mol. The zero-order valence-corrected chi connectivity index (χ0v) is 13.1. The molecule has 0 aliphatic heterocycles. The van der Waals surface area contributed by atoms with Crippen LogP contribution in [0.15, 0.2) is 24.3 Å². The van der Waals surface area contributed by atoms with Gasteiger partial charge in [0.05, 0.1) is 10.6 Å². The highest BCUT2D eigenvalue weighted by Gasteiger charge is 2.09. The Morgan fingerprint density at radius 1 is 1.26 bits per heavy atom. The van der Waals surface area contributed by atoms with Crippen molar-refractivity contribution in [2.24, 2.45) is 5.92 Å². The predicted octanol–water partition coefficient (Wildman–Crippen LogP) is 4.52. The molecule has 0 aliphatic carbocycles. The molecule has 1 N–H and O–H groups in total. The van der Waals surface area contributed by atoms with Gasteiger partial charge in [-0.25, -0.2) is 4.98 Å². The van der Waals surface area contributed by atoms with Crippen molar-refractivity contribution in [1.29, 1.82) is 0 Å². The van der Waals surface area contributed by atoms with E-state index in [2.05, 4.69) is 31.1 Å². The molecule has 0 spiro atoms. The summed E-state index contributed by atoms with van der Waals surface area (Å²) < 4.78 is 0. The Kier molecular flexibility index (Phi) is 4.97. The van der Waals surface area contributed by atoms with Crippen molar-refractivity contribution in [1.82, 2.24) is 10.3 Å². The molecule has 0 saturated carbocycles. The minimum Gasteiger partial charge on any atom is -0.310 e. The summed E-state index contributed by atoms with van der Waals surface area (Å²) >= 11 is 7.67. The Bertz CT molecular complexity index is 532. The van der Waals surface area contributed by atoms with Gasteiger partial charge in [-0.15, -0.1) is 11.3 Å². The Morgan fingerprint density at radius 3 is 2.58 bits per heavy atom. The number of aryl methyl sites for hydroxylation is 1. The van der Waals surface area contributed by atoms with Gasteiger partial charge in [0.25, 0.3) is 0 Å². The maximum Gasteiger partial charge on any atom is 0.107 e. The van der Waals surface area contributed by atoms with Gasteiger partial charge in [0.15, 0.2) is 0 Å². The van der Waals surface area contributed by atoms with Crippen LogP contribution in [0.4, 0.5) is 0 Å². The summed E-state index contributed by atoms with van der Waals surface area (Å²) in [4.78, 5) is 5.86. The number of rotatable bonds is 5. The van der Waals surface area contributed by atoms with Crippen molar-refractivity contribution < 1.29 is 0 Å². The molecule has 0 amide bonds. The maximum atomic E-state index is 5.92. The van der Waals surface area contributed by atoms with Gasteiger partial charge < -0.3 is 5.32 Å². The normalized spacial score (nSPS) is 11.2. The molecule has 0 aliphatic rings. The van der Waals surface area contributed by atoms with E-state index in [0.29, 0.717) is 5.92 Å². The van der Waals surface area contributed by atoms with E-state index in [0.717, 1.165) is 28.8 Å². The molecule has 0 unspecified atom stereocenters. The topological polar surface area (TPSA) is 24.9 Å². The summed E-state index contributed by atoms with van der Waals surface area (Å²) in [6.45, 7) is 8.34. The Labute approximate surface area is 123 Å². The van der Waals surface area contributed by atoms with Crippen LogP contribution in [-0.4, -0.2) is 11.5 Å². The largest absolute Gasteiger partial charge is 0.310 e. The number of halogens is 1. The summed E-state index contributed by atoms with van der Waals surface area (Å²) in [6, 6.07) is 7.95. The van der Waals surface area contributed by atoms with E-state index < -0.39 is 0 Å². The maximum absolute atomic E-state index is 5.92. The molecule has 0 radical (unpaired) electrons. The number of nitrogens with zero attached hydrogens (tertiary/aromatic N) is 1. The van der Waals surface area contributed by atoms with E-state index in [1.807, 2.05) is 24.3 Å². The van der Waals surface area contributed by atoms with Gasteiger partial charge in [-0.05, 0) is 37.1 Å². The van der Waals surface area contributed by atoms with Crippen molar-refractivity contribution >= 4 is 22.9 Å². The summed E-state index contributed by atoms with van der Waals surface area (Å²) in [7, 11) is 0. The third-order valence-corrected chi connectivity index (χ3v) is 4.23. The summed E-state index contributed by atoms with van der Waals surface area (Å²) in [5, 5.41) is 5.34. The lowest BCUT2D eigenvalue weighted by atomic mass is 10.2. The molecule has 19 heavy (non-hydrogen) atoms. The van der Waals surface area contributed by atoms with Crippen LogP contribution in [0.25, 0.3) is 10.4 Å². The van der Waals surface area contributed by atoms with Crippen LogP contribution in [0.2, 0.25) is 5.02 Å². The first kappa shape index (κ1) is 14.5. The summed E-state index contributed by atoms with van der Waals surface area (Å²) in [6.07, 6.45) is 0. The fraction of sp³-hybridized carbons (Fsp3) is 0.400. The molecule has 0 fully saturated rings. The van der Waals surface area contributed by atoms with E-state index in [1.54, 1.807) is 11.3 Å². The number of aromatic nitrogens is 1. The Hall–Kier alpha value is -0.900. The molecule has 1 aromatic heterocycles. The van der Waals surface area contributed by atoms with Crippen LogP contribution in [0, 0.1) is 12.8 Å². The molecule has 1 heterocycles.